The summed E-state index contributed by atoms with van der Waals surface area (Å²) in [5.74, 6) is 1.19. The first-order chi connectivity index (χ1) is 12.6. The molecule has 1 N–H and O–H groups in total. The summed E-state index contributed by atoms with van der Waals surface area (Å²) in [6.45, 7) is 3.67. The molecular weight excluding hydrogens is 334 g/mol. The lowest BCUT2D eigenvalue weighted by Crippen LogP contribution is -2.20. The van der Waals surface area contributed by atoms with E-state index in [0.717, 1.165) is 11.4 Å². The summed E-state index contributed by atoms with van der Waals surface area (Å²) in [5, 5.41) is 7.01. The molecule has 0 aliphatic carbocycles. The molecule has 1 aromatic carbocycles. The second-order valence-electron chi connectivity index (χ2n) is 5.60. The van der Waals surface area contributed by atoms with E-state index in [1.54, 1.807) is 30.0 Å². The van der Waals surface area contributed by atoms with Crippen LogP contribution in [0, 0.1) is 13.8 Å². The van der Waals surface area contributed by atoms with E-state index < -0.39 is 0 Å². The van der Waals surface area contributed by atoms with Crippen molar-refractivity contribution in [3.8, 4) is 17.4 Å². The Balaban J connectivity index is 1.60. The van der Waals surface area contributed by atoms with Gasteiger partial charge < -0.3 is 14.8 Å². The molecule has 0 saturated carbocycles. The number of ether oxygens (including phenoxy) is 2. The van der Waals surface area contributed by atoms with Gasteiger partial charge in [-0.1, -0.05) is 12.1 Å². The maximum atomic E-state index is 12.0. The highest BCUT2D eigenvalue weighted by Gasteiger charge is 2.09. The molecule has 8 nitrogen and oxygen atoms in total. The van der Waals surface area contributed by atoms with Gasteiger partial charge in [-0.25, -0.2) is 14.6 Å². The summed E-state index contributed by atoms with van der Waals surface area (Å²) < 4.78 is 12.3. The third-order valence-corrected chi connectivity index (χ3v) is 3.55. The third kappa shape index (κ3) is 3.97. The van der Waals surface area contributed by atoms with Crippen LogP contribution >= 0.6 is 0 Å². The average molecular weight is 353 g/mol. The number of hydrogen-bond acceptors (Lipinski definition) is 6. The van der Waals surface area contributed by atoms with Gasteiger partial charge in [-0.2, -0.15) is 5.10 Å². The molecule has 2 aromatic heterocycles. The van der Waals surface area contributed by atoms with Gasteiger partial charge in [0.05, 0.1) is 30.9 Å². The molecule has 26 heavy (non-hydrogen) atoms. The van der Waals surface area contributed by atoms with Crippen molar-refractivity contribution < 1.29 is 14.3 Å². The van der Waals surface area contributed by atoms with Gasteiger partial charge >= 0.3 is 0 Å². The molecule has 0 saturated heterocycles. The first kappa shape index (κ1) is 17.4. The molecule has 2 heterocycles. The van der Waals surface area contributed by atoms with Crippen LogP contribution in [-0.4, -0.2) is 39.4 Å². The number of nitrogens with one attached hydrogen (secondary N) is 1. The molecule has 0 unspecified atom stereocenters. The smallest absolute Gasteiger partial charge is 0.262 e. The van der Waals surface area contributed by atoms with E-state index in [9.17, 15) is 4.79 Å². The SMILES string of the molecule is COc1ccccc1OCC(=O)Nc1cnc(-n2nc(C)cc2C)nc1. The van der Waals surface area contributed by atoms with Gasteiger partial charge in [0.15, 0.2) is 18.1 Å². The molecule has 3 aromatic rings. The van der Waals surface area contributed by atoms with Gasteiger partial charge in [-0.3, -0.25) is 4.79 Å². The van der Waals surface area contributed by atoms with Gasteiger partial charge in [0.1, 0.15) is 0 Å². The van der Waals surface area contributed by atoms with Crippen molar-refractivity contribution in [2.24, 2.45) is 0 Å². The fourth-order valence-corrected chi connectivity index (χ4v) is 2.40. The van der Waals surface area contributed by atoms with Crippen LogP contribution in [0.2, 0.25) is 0 Å². The van der Waals surface area contributed by atoms with E-state index >= 15 is 0 Å². The van der Waals surface area contributed by atoms with Crippen molar-refractivity contribution in [3.05, 3.63) is 54.1 Å². The van der Waals surface area contributed by atoms with Crippen LogP contribution in [-0.2, 0) is 4.79 Å². The van der Waals surface area contributed by atoms with Crippen LogP contribution in [0.4, 0.5) is 5.69 Å². The third-order valence-electron chi connectivity index (χ3n) is 3.55. The minimum atomic E-state index is -0.321. The van der Waals surface area contributed by atoms with Gasteiger partial charge in [-0.15, -0.1) is 0 Å². The average Bonchev–Trinajstić information content (AvgIpc) is 2.99. The quantitative estimate of drug-likeness (QED) is 0.731. The van der Waals surface area contributed by atoms with Crippen molar-refractivity contribution in [1.29, 1.82) is 0 Å². The number of anilines is 1. The summed E-state index contributed by atoms with van der Waals surface area (Å²) in [6, 6.07) is 9.07. The molecule has 8 heteroatoms. The number of para-hydroxylation sites is 2. The molecule has 0 aliphatic heterocycles. The van der Waals surface area contributed by atoms with Crippen LogP contribution in [0.15, 0.2) is 42.7 Å². The summed E-state index contributed by atoms with van der Waals surface area (Å²) in [7, 11) is 1.55. The Morgan fingerprint density at radius 3 is 2.46 bits per heavy atom. The highest BCUT2D eigenvalue weighted by Crippen LogP contribution is 2.25. The second-order valence-corrected chi connectivity index (χ2v) is 5.60. The predicted molar refractivity (Wildman–Crippen MR) is 95.7 cm³/mol. The van der Waals surface area contributed by atoms with Crippen molar-refractivity contribution in [2.75, 3.05) is 19.0 Å². The minimum absolute atomic E-state index is 0.153. The van der Waals surface area contributed by atoms with Gasteiger partial charge in [0, 0.05) is 5.69 Å². The number of nitrogens with zero attached hydrogens (tertiary/aromatic N) is 4. The Bertz CT molecular complexity index is 905. The number of hydrogen-bond donors (Lipinski definition) is 1. The summed E-state index contributed by atoms with van der Waals surface area (Å²) in [6.07, 6.45) is 3.06. The van der Waals surface area contributed by atoms with Crippen LogP contribution in [0.5, 0.6) is 11.5 Å². The molecule has 0 radical (unpaired) electrons. The zero-order chi connectivity index (χ0) is 18.5. The van der Waals surface area contributed by atoms with E-state index in [4.69, 9.17) is 9.47 Å². The topological polar surface area (TPSA) is 91.2 Å². The van der Waals surface area contributed by atoms with Gasteiger partial charge in [-0.05, 0) is 32.0 Å². The van der Waals surface area contributed by atoms with Crippen LogP contribution < -0.4 is 14.8 Å². The largest absolute Gasteiger partial charge is 0.493 e. The Morgan fingerprint density at radius 1 is 1.15 bits per heavy atom. The Labute approximate surface area is 150 Å². The van der Waals surface area contributed by atoms with Crippen LogP contribution in [0.3, 0.4) is 0 Å². The van der Waals surface area contributed by atoms with Crippen LogP contribution in [0.25, 0.3) is 5.95 Å². The predicted octanol–water partition coefficient (Wildman–Crippen LogP) is 2.31. The zero-order valence-corrected chi connectivity index (χ0v) is 14.8. The molecule has 0 atom stereocenters. The number of aromatic nitrogens is 4. The molecule has 0 bridgehead atoms. The lowest BCUT2D eigenvalue weighted by molar-refractivity contribution is -0.118. The fourth-order valence-electron chi connectivity index (χ4n) is 2.40. The maximum Gasteiger partial charge on any atom is 0.262 e. The zero-order valence-electron chi connectivity index (χ0n) is 14.8. The Kier molecular flexibility index (Phi) is 5.12. The Hall–Kier alpha value is -3.42. The van der Waals surface area contributed by atoms with Crippen molar-refractivity contribution in [2.45, 2.75) is 13.8 Å². The molecule has 0 aliphatic rings. The second kappa shape index (κ2) is 7.64. The molecule has 3 rings (SSSR count). The van der Waals surface area contributed by atoms with Gasteiger partial charge in [0.2, 0.25) is 0 Å². The van der Waals surface area contributed by atoms with E-state index in [2.05, 4.69) is 20.4 Å². The first-order valence-electron chi connectivity index (χ1n) is 7.98. The molecule has 1 amide bonds. The maximum absolute atomic E-state index is 12.0. The normalized spacial score (nSPS) is 10.4. The van der Waals surface area contributed by atoms with E-state index in [1.807, 2.05) is 26.0 Å². The number of benzene rings is 1. The molecule has 0 spiro atoms. The minimum Gasteiger partial charge on any atom is -0.493 e. The fraction of sp³-hybridized carbons (Fsp3) is 0.222. The molecule has 0 fully saturated rings. The highest BCUT2D eigenvalue weighted by atomic mass is 16.5. The number of rotatable bonds is 6. The number of methoxy groups -OCH3 is 1. The molecule has 134 valence electrons. The van der Waals surface area contributed by atoms with Crippen molar-refractivity contribution in [3.63, 3.8) is 0 Å². The van der Waals surface area contributed by atoms with Crippen LogP contribution in [0.1, 0.15) is 11.4 Å². The summed E-state index contributed by atoms with van der Waals surface area (Å²) in [5.41, 5.74) is 2.30. The highest BCUT2D eigenvalue weighted by molar-refractivity contribution is 5.91. The van der Waals surface area contributed by atoms with E-state index in [0.29, 0.717) is 23.1 Å². The monoisotopic (exact) mass is 353 g/mol. The standard InChI is InChI=1S/C18H19N5O3/c1-12-8-13(2)23(22-12)18-19-9-14(10-20-18)21-17(24)11-26-16-7-5-4-6-15(16)25-3/h4-10H,11H2,1-3H3,(H,21,24). The van der Waals surface area contributed by atoms with Crippen molar-refractivity contribution >= 4 is 11.6 Å². The van der Waals surface area contributed by atoms with E-state index in [-0.39, 0.29) is 12.5 Å². The number of amides is 1. The van der Waals surface area contributed by atoms with Gasteiger partial charge in [0.25, 0.3) is 11.9 Å². The lowest BCUT2D eigenvalue weighted by Gasteiger charge is -2.10. The van der Waals surface area contributed by atoms with E-state index in [1.165, 1.54) is 12.4 Å². The number of carbonyl (C=O) groups excluding carboxylic acids is 1. The molecular formula is C18H19N5O3. The lowest BCUT2D eigenvalue weighted by atomic mass is 10.3. The number of carbonyl (C=O) groups is 1. The van der Waals surface area contributed by atoms with Crippen molar-refractivity contribution in [1.82, 2.24) is 19.7 Å². The first-order valence-corrected chi connectivity index (χ1v) is 7.98. The number of aryl methyl sites for hydroxylation is 2. The summed E-state index contributed by atoms with van der Waals surface area (Å²) in [4.78, 5) is 20.5. The Morgan fingerprint density at radius 2 is 1.85 bits per heavy atom. The summed E-state index contributed by atoms with van der Waals surface area (Å²) >= 11 is 0.